The van der Waals surface area contributed by atoms with Gasteiger partial charge < -0.3 is 4.98 Å². The van der Waals surface area contributed by atoms with Gasteiger partial charge in [0, 0.05) is 36.8 Å². The highest BCUT2D eigenvalue weighted by Crippen LogP contribution is 2.20. The van der Waals surface area contributed by atoms with E-state index < -0.39 is 0 Å². The molecule has 0 aliphatic carbocycles. The molecule has 0 radical (unpaired) electrons. The van der Waals surface area contributed by atoms with Gasteiger partial charge in [-0.2, -0.15) is 0 Å². The molecule has 0 bridgehead atoms. The fraction of sp³-hybridized carbons (Fsp3) is 0.286. The molecule has 1 aliphatic rings. The van der Waals surface area contributed by atoms with E-state index in [-0.39, 0.29) is 5.56 Å². The van der Waals surface area contributed by atoms with Crippen molar-refractivity contribution in [3.63, 3.8) is 0 Å². The number of aromatic amines is 2. The zero-order valence-corrected chi connectivity index (χ0v) is 12.4. The molecule has 0 fully saturated rings. The number of aromatic nitrogens is 2. The Kier molecular flexibility index (Phi) is 3.74. The second kappa shape index (κ2) is 5.52. The van der Waals surface area contributed by atoms with Crippen molar-refractivity contribution in [1.82, 2.24) is 14.9 Å². The van der Waals surface area contributed by atoms with Crippen LogP contribution in [0.3, 0.4) is 0 Å². The molecular weight excluding hydrogens is 294 g/mol. The SMILES string of the molecule is O=c1[nH]c(=S)[nH]c2c1CN(Cc1ccccc1Cl)CC2. The summed E-state index contributed by atoms with van der Waals surface area (Å²) in [4.78, 5) is 19.9. The maximum atomic E-state index is 12.0. The summed E-state index contributed by atoms with van der Waals surface area (Å²) in [5.74, 6) is 0. The molecule has 2 aromatic rings. The largest absolute Gasteiger partial charge is 0.335 e. The van der Waals surface area contributed by atoms with Crippen molar-refractivity contribution in [1.29, 1.82) is 0 Å². The molecule has 0 saturated carbocycles. The van der Waals surface area contributed by atoms with Crippen LogP contribution < -0.4 is 5.56 Å². The fourth-order valence-corrected chi connectivity index (χ4v) is 2.93. The number of rotatable bonds is 2. The van der Waals surface area contributed by atoms with Crippen LogP contribution >= 0.6 is 23.8 Å². The highest BCUT2D eigenvalue weighted by Gasteiger charge is 2.20. The molecule has 20 heavy (non-hydrogen) atoms. The zero-order valence-electron chi connectivity index (χ0n) is 10.8. The Morgan fingerprint density at radius 3 is 2.90 bits per heavy atom. The second-order valence-corrected chi connectivity index (χ2v) is 5.73. The first kappa shape index (κ1) is 13.5. The van der Waals surface area contributed by atoms with E-state index in [4.69, 9.17) is 23.8 Å². The number of nitrogens with zero attached hydrogens (tertiary/aromatic N) is 1. The van der Waals surface area contributed by atoms with Gasteiger partial charge in [0.25, 0.3) is 5.56 Å². The molecule has 0 atom stereocenters. The minimum absolute atomic E-state index is 0.0902. The normalized spacial score (nSPS) is 15.1. The Morgan fingerprint density at radius 2 is 2.10 bits per heavy atom. The Labute approximate surface area is 126 Å². The monoisotopic (exact) mass is 307 g/mol. The highest BCUT2D eigenvalue weighted by atomic mass is 35.5. The smallest absolute Gasteiger partial charge is 0.256 e. The first-order valence-corrected chi connectivity index (χ1v) is 7.22. The third-order valence-corrected chi connectivity index (χ3v) is 4.11. The molecule has 0 saturated heterocycles. The van der Waals surface area contributed by atoms with E-state index in [0.717, 1.165) is 41.4 Å². The molecular formula is C14H14ClN3OS. The summed E-state index contributed by atoms with van der Waals surface area (Å²) in [5.41, 5.74) is 2.72. The van der Waals surface area contributed by atoms with Crippen LogP contribution in [0.2, 0.25) is 5.02 Å². The summed E-state index contributed by atoms with van der Waals surface area (Å²) in [6, 6.07) is 7.80. The Hall–Kier alpha value is -1.43. The van der Waals surface area contributed by atoms with Crippen molar-refractivity contribution >= 4 is 23.8 Å². The van der Waals surface area contributed by atoms with Gasteiger partial charge in [0.2, 0.25) is 0 Å². The van der Waals surface area contributed by atoms with Crippen LogP contribution in [0, 0.1) is 4.77 Å². The summed E-state index contributed by atoms with van der Waals surface area (Å²) in [5, 5.41) is 0.764. The number of H-pyrrole nitrogens is 2. The first-order chi connectivity index (χ1) is 9.63. The van der Waals surface area contributed by atoms with Crippen molar-refractivity contribution in [2.24, 2.45) is 0 Å². The van der Waals surface area contributed by atoms with Crippen molar-refractivity contribution in [2.45, 2.75) is 19.5 Å². The minimum Gasteiger partial charge on any atom is -0.335 e. The summed E-state index contributed by atoms with van der Waals surface area (Å²) in [6.07, 6.45) is 0.799. The summed E-state index contributed by atoms with van der Waals surface area (Å²) < 4.78 is 0.397. The maximum absolute atomic E-state index is 12.0. The first-order valence-electron chi connectivity index (χ1n) is 6.43. The number of nitrogens with one attached hydrogen (secondary N) is 2. The Bertz CT molecular complexity index is 753. The Morgan fingerprint density at radius 1 is 1.30 bits per heavy atom. The van der Waals surface area contributed by atoms with Gasteiger partial charge in [-0.3, -0.25) is 14.7 Å². The van der Waals surface area contributed by atoms with Crippen LogP contribution in [-0.4, -0.2) is 21.4 Å². The number of hydrogen-bond acceptors (Lipinski definition) is 3. The van der Waals surface area contributed by atoms with Crippen LogP contribution in [-0.2, 0) is 19.5 Å². The molecule has 2 heterocycles. The topological polar surface area (TPSA) is 51.9 Å². The van der Waals surface area contributed by atoms with Crippen molar-refractivity contribution < 1.29 is 0 Å². The van der Waals surface area contributed by atoms with Crippen LogP contribution in [0.25, 0.3) is 0 Å². The van der Waals surface area contributed by atoms with Gasteiger partial charge in [-0.15, -0.1) is 0 Å². The van der Waals surface area contributed by atoms with E-state index >= 15 is 0 Å². The highest BCUT2D eigenvalue weighted by molar-refractivity contribution is 7.71. The fourth-order valence-electron chi connectivity index (χ4n) is 2.52. The second-order valence-electron chi connectivity index (χ2n) is 4.92. The molecule has 1 aromatic carbocycles. The molecule has 1 aromatic heterocycles. The molecule has 104 valence electrons. The standard InChI is InChI=1S/C14H14ClN3OS/c15-11-4-2-1-3-9(11)7-18-6-5-12-10(8-18)13(19)17-14(20)16-12/h1-4H,5-8H2,(H2,16,17,19,20). The third kappa shape index (κ3) is 2.70. The maximum Gasteiger partial charge on any atom is 0.256 e. The van der Waals surface area contributed by atoms with E-state index in [2.05, 4.69) is 14.9 Å². The summed E-state index contributed by atoms with van der Waals surface area (Å²) in [6.45, 7) is 2.24. The lowest BCUT2D eigenvalue weighted by molar-refractivity contribution is 0.241. The van der Waals surface area contributed by atoms with Crippen LogP contribution in [0.5, 0.6) is 0 Å². The molecule has 3 rings (SSSR count). The Balaban J connectivity index is 1.84. The molecule has 0 amide bonds. The molecule has 4 nitrogen and oxygen atoms in total. The van der Waals surface area contributed by atoms with E-state index in [1.165, 1.54) is 0 Å². The van der Waals surface area contributed by atoms with Gasteiger partial charge >= 0.3 is 0 Å². The molecule has 1 aliphatic heterocycles. The molecule has 0 spiro atoms. The third-order valence-electron chi connectivity index (χ3n) is 3.54. The average molecular weight is 308 g/mol. The van der Waals surface area contributed by atoms with Crippen molar-refractivity contribution in [3.05, 3.63) is 61.2 Å². The van der Waals surface area contributed by atoms with Crippen LogP contribution in [0.4, 0.5) is 0 Å². The van der Waals surface area contributed by atoms with E-state index in [1.54, 1.807) is 0 Å². The molecule has 6 heteroatoms. The number of halogens is 1. The lowest BCUT2D eigenvalue weighted by atomic mass is 10.1. The van der Waals surface area contributed by atoms with E-state index in [0.29, 0.717) is 11.3 Å². The molecule has 2 N–H and O–H groups in total. The van der Waals surface area contributed by atoms with Crippen molar-refractivity contribution in [2.75, 3.05) is 6.54 Å². The number of fused-ring (bicyclic) bond motifs is 1. The average Bonchev–Trinajstić information content (AvgIpc) is 2.42. The van der Waals surface area contributed by atoms with Crippen LogP contribution in [0.1, 0.15) is 16.8 Å². The van der Waals surface area contributed by atoms with Gasteiger partial charge in [0.1, 0.15) is 0 Å². The van der Waals surface area contributed by atoms with Crippen molar-refractivity contribution in [3.8, 4) is 0 Å². The zero-order chi connectivity index (χ0) is 14.1. The predicted molar refractivity (Wildman–Crippen MR) is 81.5 cm³/mol. The summed E-state index contributed by atoms with van der Waals surface area (Å²) >= 11 is 11.2. The number of benzene rings is 1. The van der Waals surface area contributed by atoms with Gasteiger partial charge in [0.15, 0.2) is 4.77 Å². The lowest BCUT2D eigenvalue weighted by Crippen LogP contribution is -2.35. The minimum atomic E-state index is -0.0902. The van der Waals surface area contributed by atoms with Gasteiger partial charge in [-0.25, -0.2) is 0 Å². The van der Waals surface area contributed by atoms with E-state index in [1.807, 2.05) is 24.3 Å². The quantitative estimate of drug-likeness (QED) is 0.839. The van der Waals surface area contributed by atoms with Gasteiger partial charge in [0.05, 0.1) is 5.56 Å². The number of hydrogen-bond donors (Lipinski definition) is 2. The molecule has 0 unspecified atom stereocenters. The van der Waals surface area contributed by atoms with Gasteiger partial charge in [-0.05, 0) is 23.8 Å². The van der Waals surface area contributed by atoms with Gasteiger partial charge in [-0.1, -0.05) is 29.8 Å². The van der Waals surface area contributed by atoms with E-state index in [9.17, 15) is 4.79 Å². The lowest BCUT2D eigenvalue weighted by Gasteiger charge is -2.28. The summed E-state index contributed by atoms with van der Waals surface area (Å²) in [7, 11) is 0. The predicted octanol–water partition coefficient (Wildman–Crippen LogP) is 2.64. The van der Waals surface area contributed by atoms with Crippen LogP contribution in [0.15, 0.2) is 29.1 Å².